The van der Waals surface area contributed by atoms with Gasteiger partial charge in [0.25, 0.3) is 0 Å². The zero-order valence-corrected chi connectivity index (χ0v) is 15.6. The molecule has 27 heavy (non-hydrogen) atoms. The van der Waals surface area contributed by atoms with E-state index >= 15 is 0 Å². The topological polar surface area (TPSA) is 77.2 Å². The van der Waals surface area contributed by atoms with Gasteiger partial charge in [0.2, 0.25) is 5.91 Å². The third kappa shape index (κ3) is 5.41. The van der Waals surface area contributed by atoms with E-state index < -0.39 is 0 Å². The smallest absolute Gasteiger partial charge is 0.220 e. The van der Waals surface area contributed by atoms with Crippen molar-refractivity contribution in [2.75, 3.05) is 0 Å². The second-order valence-electron chi connectivity index (χ2n) is 6.34. The van der Waals surface area contributed by atoms with Crippen molar-refractivity contribution < 1.29 is 14.1 Å². The Bertz CT molecular complexity index is 871. The van der Waals surface area contributed by atoms with E-state index in [9.17, 15) is 4.79 Å². The molecule has 1 N–H and O–H groups in total. The first-order valence-electron chi connectivity index (χ1n) is 8.92. The average Bonchev–Trinajstić information content (AvgIpc) is 3.02. The number of hydrogen-bond donors (Lipinski definition) is 1. The molecule has 1 aromatic carbocycles. The Labute approximate surface area is 158 Å². The van der Waals surface area contributed by atoms with E-state index in [1.807, 2.05) is 56.3 Å². The fraction of sp³-hybridized carbons (Fsp3) is 0.286. The first-order chi connectivity index (χ1) is 13.1. The highest BCUT2D eigenvalue weighted by molar-refractivity contribution is 5.76. The van der Waals surface area contributed by atoms with Gasteiger partial charge in [-0.05, 0) is 50.1 Å². The third-order valence-electron chi connectivity index (χ3n) is 4.28. The molecule has 0 saturated heterocycles. The van der Waals surface area contributed by atoms with Crippen LogP contribution in [0, 0.1) is 13.8 Å². The number of nitrogens with one attached hydrogen (secondary N) is 1. The minimum atomic E-state index is -0.00481. The zero-order chi connectivity index (χ0) is 19.1. The standard InChI is InChI=1S/C21H23N3O3/c1-15-20(16(2)27-24-15)9-10-21(25)23-13-17-6-5-8-19(12-17)26-14-18-7-3-4-11-22-18/h3-8,11-12H,9-10,13-14H2,1-2H3,(H,23,25). The number of hydrogen-bond acceptors (Lipinski definition) is 5. The summed E-state index contributed by atoms with van der Waals surface area (Å²) >= 11 is 0. The van der Waals surface area contributed by atoms with Crippen molar-refractivity contribution in [3.63, 3.8) is 0 Å². The number of amides is 1. The van der Waals surface area contributed by atoms with Gasteiger partial charge in [0.1, 0.15) is 18.1 Å². The maximum absolute atomic E-state index is 12.1. The van der Waals surface area contributed by atoms with Crippen molar-refractivity contribution in [1.29, 1.82) is 0 Å². The fourth-order valence-corrected chi connectivity index (χ4v) is 2.77. The number of rotatable bonds is 8. The Morgan fingerprint density at radius 3 is 2.81 bits per heavy atom. The second-order valence-corrected chi connectivity index (χ2v) is 6.34. The highest BCUT2D eigenvalue weighted by atomic mass is 16.5. The number of benzene rings is 1. The highest BCUT2D eigenvalue weighted by Crippen LogP contribution is 2.16. The van der Waals surface area contributed by atoms with E-state index in [-0.39, 0.29) is 5.91 Å². The average molecular weight is 365 g/mol. The van der Waals surface area contributed by atoms with Gasteiger partial charge in [-0.25, -0.2) is 0 Å². The fourth-order valence-electron chi connectivity index (χ4n) is 2.77. The molecule has 0 aliphatic carbocycles. The number of carbonyl (C=O) groups excluding carboxylic acids is 1. The van der Waals surface area contributed by atoms with Crippen LogP contribution in [0.25, 0.3) is 0 Å². The summed E-state index contributed by atoms with van der Waals surface area (Å²) in [5, 5.41) is 6.86. The lowest BCUT2D eigenvalue weighted by atomic mass is 10.1. The molecular formula is C21H23N3O3. The summed E-state index contributed by atoms with van der Waals surface area (Å²) in [5.41, 5.74) is 3.71. The number of aryl methyl sites for hydroxylation is 2. The molecule has 0 aliphatic rings. The normalized spacial score (nSPS) is 10.6. The molecule has 140 valence electrons. The predicted octanol–water partition coefficient (Wildman–Crippen LogP) is 3.51. The van der Waals surface area contributed by atoms with Crippen molar-refractivity contribution in [2.24, 2.45) is 0 Å². The number of ether oxygens (including phenoxy) is 1. The van der Waals surface area contributed by atoms with E-state index in [0.717, 1.165) is 34.0 Å². The molecule has 0 spiro atoms. The number of carbonyl (C=O) groups is 1. The Morgan fingerprint density at radius 1 is 1.19 bits per heavy atom. The number of aromatic nitrogens is 2. The molecule has 2 heterocycles. The van der Waals surface area contributed by atoms with Crippen LogP contribution in [0.3, 0.4) is 0 Å². The van der Waals surface area contributed by atoms with E-state index in [4.69, 9.17) is 9.26 Å². The van der Waals surface area contributed by atoms with Crippen LogP contribution in [-0.2, 0) is 24.4 Å². The van der Waals surface area contributed by atoms with Crippen LogP contribution in [-0.4, -0.2) is 16.0 Å². The Hall–Kier alpha value is -3.15. The van der Waals surface area contributed by atoms with E-state index in [0.29, 0.717) is 26.0 Å². The molecule has 0 radical (unpaired) electrons. The maximum atomic E-state index is 12.1. The molecule has 0 atom stereocenters. The molecule has 6 nitrogen and oxygen atoms in total. The van der Waals surface area contributed by atoms with Gasteiger partial charge < -0.3 is 14.6 Å². The molecule has 3 rings (SSSR count). The minimum absolute atomic E-state index is 0.00481. The van der Waals surface area contributed by atoms with Crippen LogP contribution >= 0.6 is 0 Å². The SMILES string of the molecule is Cc1noc(C)c1CCC(=O)NCc1cccc(OCc2ccccn2)c1. The monoisotopic (exact) mass is 365 g/mol. The molecule has 0 saturated carbocycles. The minimum Gasteiger partial charge on any atom is -0.487 e. The summed E-state index contributed by atoms with van der Waals surface area (Å²) < 4.78 is 10.9. The van der Waals surface area contributed by atoms with Gasteiger partial charge in [0.05, 0.1) is 11.4 Å². The Kier molecular flexibility index (Phi) is 6.20. The van der Waals surface area contributed by atoms with Crippen LogP contribution < -0.4 is 10.1 Å². The van der Waals surface area contributed by atoms with Gasteiger partial charge in [-0.1, -0.05) is 23.4 Å². The predicted molar refractivity (Wildman–Crippen MR) is 101 cm³/mol. The summed E-state index contributed by atoms with van der Waals surface area (Å²) in [7, 11) is 0. The summed E-state index contributed by atoms with van der Waals surface area (Å²) in [6.07, 6.45) is 2.77. The largest absolute Gasteiger partial charge is 0.487 e. The van der Waals surface area contributed by atoms with Crippen molar-refractivity contribution in [3.05, 3.63) is 76.9 Å². The van der Waals surface area contributed by atoms with Crippen LogP contribution in [0.2, 0.25) is 0 Å². The maximum Gasteiger partial charge on any atom is 0.220 e. The zero-order valence-electron chi connectivity index (χ0n) is 15.6. The van der Waals surface area contributed by atoms with Gasteiger partial charge in [-0.3, -0.25) is 9.78 Å². The van der Waals surface area contributed by atoms with Crippen molar-refractivity contribution in [2.45, 2.75) is 39.8 Å². The summed E-state index contributed by atoms with van der Waals surface area (Å²) in [5.74, 6) is 1.52. The molecule has 3 aromatic rings. The summed E-state index contributed by atoms with van der Waals surface area (Å²) in [6.45, 7) is 4.62. The van der Waals surface area contributed by atoms with Crippen LogP contribution in [0.15, 0.2) is 53.2 Å². The van der Waals surface area contributed by atoms with Crippen LogP contribution in [0.4, 0.5) is 0 Å². The van der Waals surface area contributed by atoms with Gasteiger partial charge in [-0.2, -0.15) is 0 Å². The third-order valence-corrected chi connectivity index (χ3v) is 4.28. The van der Waals surface area contributed by atoms with Crippen molar-refractivity contribution >= 4 is 5.91 Å². The lowest BCUT2D eigenvalue weighted by Gasteiger charge is -2.09. The molecule has 2 aromatic heterocycles. The molecule has 0 bridgehead atoms. The van der Waals surface area contributed by atoms with E-state index in [1.165, 1.54) is 0 Å². The first kappa shape index (κ1) is 18.6. The highest BCUT2D eigenvalue weighted by Gasteiger charge is 2.11. The molecular weight excluding hydrogens is 342 g/mol. The Balaban J connectivity index is 1.47. The second kappa shape index (κ2) is 8.98. The molecule has 0 fully saturated rings. The lowest BCUT2D eigenvalue weighted by molar-refractivity contribution is -0.121. The van der Waals surface area contributed by atoms with Gasteiger partial charge in [0, 0.05) is 24.7 Å². The van der Waals surface area contributed by atoms with Crippen molar-refractivity contribution in [1.82, 2.24) is 15.5 Å². The molecule has 1 amide bonds. The van der Waals surface area contributed by atoms with E-state index in [2.05, 4.69) is 15.5 Å². The molecule has 6 heteroatoms. The van der Waals surface area contributed by atoms with Crippen LogP contribution in [0.1, 0.15) is 34.7 Å². The molecule has 0 aliphatic heterocycles. The Morgan fingerprint density at radius 2 is 2.07 bits per heavy atom. The molecule has 0 unspecified atom stereocenters. The quantitative estimate of drug-likeness (QED) is 0.661. The summed E-state index contributed by atoms with van der Waals surface area (Å²) in [4.78, 5) is 16.4. The van der Waals surface area contributed by atoms with Crippen molar-refractivity contribution in [3.8, 4) is 5.75 Å². The van der Waals surface area contributed by atoms with Crippen LogP contribution in [0.5, 0.6) is 5.75 Å². The first-order valence-corrected chi connectivity index (χ1v) is 8.92. The van der Waals surface area contributed by atoms with Gasteiger partial charge in [0.15, 0.2) is 0 Å². The number of pyridine rings is 1. The number of nitrogens with zero attached hydrogens (tertiary/aromatic N) is 2. The lowest BCUT2D eigenvalue weighted by Crippen LogP contribution is -2.23. The summed E-state index contributed by atoms with van der Waals surface area (Å²) in [6, 6.07) is 13.4. The van der Waals surface area contributed by atoms with E-state index in [1.54, 1.807) is 6.20 Å². The van der Waals surface area contributed by atoms with Gasteiger partial charge in [-0.15, -0.1) is 0 Å². The van der Waals surface area contributed by atoms with Gasteiger partial charge >= 0.3 is 0 Å².